The molecule has 0 radical (unpaired) electrons. The number of anilines is 1. The van der Waals surface area contributed by atoms with Gasteiger partial charge in [0.05, 0.1) is 30.2 Å². The molecule has 0 spiro atoms. The van der Waals surface area contributed by atoms with Crippen molar-refractivity contribution in [3.8, 4) is 0 Å². The maximum absolute atomic E-state index is 11.8. The second kappa shape index (κ2) is 5.83. The summed E-state index contributed by atoms with van der Waals surface area (Å²) in [7, 11) is -3.48. The normalized spacial score (nSPS) is 11.2. The van der Waals surface area contributed by atoms with Crippen molar-refractivity contribution in [2.24, 2.45) is 0 Å². The summed E-state index contributed by atoms with van der Waals surface area (Å²) in [6, 6.07) is 5.47. The summed E-state index contributed by atoms with van der Waals surface area (Å²) >= 11 is 0. The molecule has 0 bridgehead atoms. The van der Waals surface area contributed by atoms with E-state index < -0.39 is 16.0 Å². The SMILES string of the molecule is CCS(=O)(=O)N(CCO)c1ccc(C(=O)O)cc1. The molecule has 2 N–H and O–H groups in total. The monoisotopic (exact) mass is 273 g/mol. The van der Waals surface area contributed by atoms with E-state index in [1.807, 2.05) is 0 Å². The van der Waals surface area contributed by atoms with E-state index in [0.717, 1.165) is 4.31 Å². The van der Waals surface area contributed by atoms with Crippen LogP contribution in [0.1, 0.15) is 17.3 Å². The molecule has 1 aromatic carbocycles. The minimum atomic E-state index is -3.48. The third-order valence-corrected chi connectivity index (χ3v) is 4.20. The van der Waals surface area contributed by atoms with Crippen molar-refractivity contribution in [3.63, 3.8) is 0 Å². The Bertz CT molecular complexity index is 509. The van der Waals surface area contributed by atoms with Crippen LogP contribution in [0.5, 0.6) is 0 Å². The van der Waals surface area contributed by atoms with Crippen molar-refractivity contribution < 1.29 is 23.4 Å². The number of rotatable bonds is 6. The summed E-state index contributed by atoms with van der Waals surface area (Å²) in [6.45, 7) is 1.15. The second-order valence-electron chi connectivity index (χ2n) is 3.55. The van der Waals surface area contributed by atoms with Gasteiger partial charge in [-0.05, 0) is 31.2 Å². The van der Waals surface area contributed by atoms with E-state index in [1.54, 1.807) is 0 Å². The highest BCUT2D eigenvalue weighted by molar-refractivity contribution is 7.92. The molecule has 0 heterocycles. The Kier molecular flexibility index (Phi) is 4.69. The number of aliphatic hydroxyl groups excluding tert-OH is 1. The fourth-order valence-corrected chi connectivity index (χ4v) is 2.56. The smallest absolute Gasteiger partial charge is 0.335 e. The Labute approximate surface area is 106 Å². The Morgan fingerprint density at radius 2 is 1.83 bits per heavy atom. The van der Waals surface area contributed by atoms with Crippen LogP contribution in [-0.2, 0) is 10.0 Å². The lowest BCUT2D eigenvalue weighted by molar-refractivity contribution is 0.0697. The lowest BCUT2D eigenvalue weighted by atomic mass is 10.2. The molecule has 18 heavy (non-hydrogen) atoms. The first kappa shape index (κ1) is 14.5. The molecular weight excluding hydrogens is 258 g/mol. The van der Waals surface area contributed by atoms with Crippen molar-refractivity contribution in [1.82, 2.24) is 0 Å². The number of aromatic carboxylic acids is 1. The molecule has 0 saturated carbocycles. The molecule has 0 unspecified atom stereocenters. The van der Waals surface area contributed by atoms with Crippen LogP contribution >= 0.6 is 0 Å². The van der Waals surface area contributed by atoms with Gasteiger partial charge in [0.15, 0.2) is 0 Å². The van der Waals surface area contributed by atoms with Gasteiger partial charge in [0.25, 0.3) is 0 Å². The van der Waals surface area contributed by atoms with Crippen molar-refractivity contribution >= 4 is 21.7 Å². The predicted octanol–water partition coefficient (Wildman–Crippen LogP) is 0.533. The molecule has 1 rings (SSSR count). The van der Waals surface area contributed by atoms with Gasteiger partial charge in [0.2, 0.25) is 10.0 Å². The number of carbonyl (C=O) groups is 1. The van der Waals surface area contributed by atoms with Gasteiger partial charge in [-0.2, -0.15) is 0 Å². The largest absolute Gasteiger partial charge is 0.478 e. The number of benzene rings is 1. The topological polar surface area (TPSA) is 94.9 Å². The number of carboxylic acids is 1. The molecule has 1 aromatic rings. The molecule has 0 saturated heterocycles. The molecule has 0 aromatic heterocycles. The number of hydrogen-bond donors (Lipinski definition) is 2. The Morgan fingerprint density at radius 3 is 2.22 bits per heavy atom. The van der Waals surface area contributed by atoms with Gasteiger partial charge in [-0.3, -0.25) is 4.31 Å². The number of nitrogens with zero attached hydrogens (tertiary/aromatic N) is 1. The van der Waals surface area contributed by atoms with Crippen LogP contribution < -0.4 is 4.31 Å². The van der Waals surface area contributed by atoms with Crippen LogP contribution in [0.3, 0.4) is 0 Å². The minimum Gasteiger partial charge on any atom is -0.478 e. The standard InChI is InChI=1S/C11H15NO5S/c1-2-18(16,17)12(7-8-13)10-5-3-9(4-6-10)11(14)15/h3-6,13H,2,7-8H2,1H3,(H,14,15). The molecule has 0 aliphatic carbocycles. The molecule has 6 nitrogen and oxygen atoms in total. The van der Waals surface area contributed by atoms with Gasteiger partial charge in [0.1, 0.15) is 0 Å². The summed E-state index contributed by atoms with van der Waals surface area (Å²) in [5.74, 6) is -1.16. The molecule has 0 aliphatic heterocycles. The van der Waals surface area contributed by atoms with Gasteiger partial charge < -0.3 is 10.2 Å². The maximum atomic E-state index is 11.8. The number of sulfonamides is 1. The maximum Gasteiger partial charge on any atom is 0.335 e. The molecular formula is C11H15NO5S. The van der Waals surface area contributed by atoms with Crippen molar-refractivity contribution in [1.29, 1.82) is 0 Å². The number of aliphatic hydroxyl groups is 1. The van der Waals surface area contributed by atoms with Crippen LogP contribution in [0.15, 0.2) is 24.3 Å². The first-order valence-electron chi connectivity index (χ1n) is 5.37. The lowest BCUT2D eigenvalue weighted by Gasteiger charge is -2.22. The van der Waals surface area contributed by atoms with E-state index in [1.165, 1.54) is 31.2 Å². The zero-order valence-corrected chi connectivity index (χ0v) is 10.7. The quantitative estimate of drug-likeness (QED) is 0.788. The average Bonchev–Trinajstić information content (AvgIpc) is 2.36. The average molecular weight is 273 g/mol. The van der Waals surface area contributed by atoms with Crippen LogP contribution in [0, 0.1) is 0 Å². The van der Waals surface area contributed by atoms with E-state index in [0.29, 0.717) is 5.69 Å². The molecule has 7 heteroatoms. The van der Waals surface area contributed by atoms with Gasteiger partial charge in [-0.25, -0.2) is 13.2 Å². The van der Waals surface area contributed by atoms with Gasteiger partial charge >= 0.3 is 5.97 Å². The van der Waals surface area contributed by atoms with Crippen LogP contribution in [-0.4, -0.2) is 43.5 Å². The highest BCUT2D eigenvalue weighted by Crippen LogP contribution is 2.19. The van der Waals surface area contributed by atoms with E-state index >= 15 is 0 Å². The third kappa shape index (κ3) is 3.21. The predicted molar refractivity (Wildman–Crippen MR) is 67.3 cm³/mol. The zero-order valence-electron chi connectivity index (χ0n) is 9.91. The molecule has 0 atom stereocenters. The molecule has 100 valence electrons. The Hall–Kier alpha value is -1.60. The van der Waals surface area contributed by atoms with Crippen molar-refractivity contribution in [2.75, 3.05) is 23.2 Å². The van der Waals surface area contributed by atoms with E-state index in [2.05, 4.69) is 0 Å². The van der Waals surface area contributed by atoms with E-state index in [4.69, 9.17) is 10.2 Å². The summed E-state index contributed by atoms with van der Waals surface area (Å²) in [5, 5.41) is 17.7. The molecule has 0 amide bonds. The Balaban J connectivity index is 3.11. The summed E-state index contributed by atoms with van der Waals surface area (Å²) < 4.78 is 24.7. The highest BCUT2D eigenvalue weighted by atomic mass is 32.2. The molecule has 0 aliphatic rings. The van der Waals surface area contributed by atoms with E-state index in [9.17, 15) is 13.2 Å². The first-order chi connectivity index (χ1) is 8.42. The highest BCUT2D eigenvalue weighted by Gasteiger charge is 2.20. The van der Waals surface area contributed by atoms with Crippen molar-refractivity contribution in [2.45, 2.75) is 6.92 Å². The summed E-state index contributed by atoms with van der Waals surface area (Å²) in [6.07, 6.45) is 0. The van der Waals surface area contributed by atoms with Gasteiger partial charge in [-0.15, -0.1) is 0 Å². The molecule has 0 fully saturated rings. The van der Waals surface area contributed by atoms with Gasteiger partial charge in [-0.1, -0.05) is 0 Å². The second-order valence-corrected chi connectivity index (χ2v) is 5.73. The minimum absolute atomic E-state index is 0.0530. The van der Waals surface area contributed by atoms with E-state index in [-0.39, 0.29) is 24.5 Å². The van der Waals surface area contributed by atoms with Crippen molar-refractivity contribution in [3.05, 3.63) is 29.8 Å². The fraction of sp³-hybridized carbons (Fsp3) is 0.364. The fourth-order valence-electron chi connectivity index (χ4n) is 1.45. The van der Waals surface area contributed by atoms with Crippen LogP contribution in [0.25, 0.3) is 0 Å². The number of carboxylic acid groups (broad SMARTS) is 1. The summed E-state index contributed by atoms with van der Waals surface area (Å²) in [5.41, 5.74) is 0.424. The summed E-state index contributed by atoms with van der Waals surface area (Å²) in [4.78, 5) is 10.7. The number of hydrogen-bond acceptors (Lipinski definition) is 4. The van der Waals surface area contributed by atoms with Gasteiger partial charge in [0, 0.05) is 0 Å². The van der Waals surface area contributed by atoms with Crippen LogP contribution in [0.4, 0.5) is 5.69 Å². The van der Waals surface area contributed by atoms with Crippen LogP contribution in [0.2, 0.25) is 0 Å². The first-order valence-corrected chi connectivity index (χ1v) is 6.98. The zero-order chi connectivity index (χ0) is 13.8. The lowest BCUT2D eigenvalue weighted by Crippen LogP contribution is -2.34. The Morgan fingerprint density at radius 1 is 1.28 bits per heavy atom. The third-order valence-electron chi connectivity index (χ3n) is 2.41.